The molecule has 0 atom stereocenters. The van der Waals surface area contributed by atoms with Crippen molar-refractivity contribution in [3.05, 3.63) is 10.9 Å². The van der Waals surface area contributed by atoms with Gasteiger partial charge in [-0.05, 0) is 24.4 Å². The molecule has 24 heavy (non-hydrogen) atoms. The van der Waals surface area contributed by atoms with Crippen molar-refractivity contribution in [2.75, 3.05) is 56.0 Å². The maximum absolute atomic E-state index is 10.9. The Labute approximate surface area is 146 Å². The molecule has 0 bridgehead atoms. The third kappa shape index (κ3) is 3.59. The molecule has 0 radical (unpaired) electrons. The summed E-state index contributed by atoms with van der Waals surface area (Å²) in [7, 11) is 0. The molecule has 1 aliphatic heterocycles. The maximum atomic E-state index is 10.9. The van der Waals surface area contributed by atoms with E-state index in [1.165, 1.54) is 5.56 Å². The molecule has 7 nitrogen and oxygen atoms in total. The van der Waals surface area contributed by atoms with Gasteiger partial charge in [0.2, 0.25) is 12.4 Å². The van der Waals surface area contributed by atoms with Gasteiger partial charge in [-0.15, -0.1) is 11.3 Å². The summed E-state index contributed by atoms with van der Waals surface area (Å²) in [6.45, 7) is 9.87. The van der Waals surface area contributed by atoms with Gasteiger partial charge in [-0.1, -0.05) is 6.92 Å². The third-order valence-electron chi connectivity index (χ3n) is 4.20. The molecule has 1 fully saturated rings. The highest BCUT2D eigenvalue weighted by Gasteiger charge is 2.20. The number of likely N-dealkylation sites (N-methyl/N-ethyl adjacent to an activating group) is 1. The Hall–Kier alpha value is -1.93. The van der Waals surface area contributed by atoms with Crippen LogP contribution in [0.2, 0.25) is 0 Å². The molecular formula is C16H24N6OS. The minimum absolute atomic E-state index is 0.720. The third-order valence-corrected chi connectivity index (χ3v) is 5.19. The van der Waals surface area contributed by atoms with Crippen LogP contribution in [-0.2, 0) is 4.79 Å². The van der Waals surface area contributed by atoms with Gasteiger partial charge in [-0.3, -0.25) is 4.79 Å². The Bertz CT molecular complexity index is 695. The number of carbonyl (C=O) groups excluding carboxylic acids is 1. The molecule has 2 aromatic rings. The van der Waals surface area contributed by atoms with E-state index >= 15 is 0 Å². The summed E-state index contributed by atoms with van der Waals surface area (Å²) in [4.78, 5) is 25.4. The highest BCUT2D eigenvalue weighted by molar-refractivity contribution is 7.17. The predicted molar refractivity (Wildman–Crippen MR) is 99.0 cm³/mol. The van der Waals surface area contributed by atoms with Crippen LogP contribution < -0.4 is 15.5 Å². The average molecular weight is 348 g/mol. The Balaban J connectivity index is 1.82. The summed E-state index contributed by atoms with van der Waals surface area (Å²) in [6.07, 6.45) is 0.914. The number of aryl methyl sites for hydroxylation is 1. The second-order valence-corrected chi connectivity index (χ2v) is 6.74. The van der Waals surface area contributed by atoms with Crippen LogP contribution in [0.3, 0.4) is 0 Å². The van der Waals surface area contributed by atoms with Gasteiger partial charge in [-0.25, -0.2) is 4.98 Å². The highest BCUT2D eigenvalue weighted by atomic mass is 32.1. The molecule has 8 heteroatoms. The minimum Gasteiger partial charge on any atom is -0.368 e. The second-order valence-electron chi connectivity index (χ2n) is 5.88. The number of amides is 1. The van der Waals surface area contributed by atoms with Gasteiger partial charge >= 0.3 is 0 Å². The first-order chi connectivity index (χ1) is 11.7. The van der Waals surface area contributed by atoms with Crippen molar-refractivity contribution >= 4 is 39.7 Å². The van der Waals surface area contributed by atoms with E-state index in [2.05, 4.69) is 34.8 Å². The van der Waals surface area contributed by atoms with Crippen molar-refractivity contribution in [3.8, 4) is 0 Å². The van der Waals surface area contributed by atoms with E-state index < -0.39 is 0 Å². The zero-order valence-electron chi connectivity index (χ0n) is 14.2. The molecule has 1 aliphatic rings. The predicted octanol–water partition coefficient (Wildman–Crippen LogP) is 1.30. The lowest BCUT2D eigenvalue weighted by molar-refractivity contribution is -0.118. The Kier molecular flexibility index (Phi) is 5.47. The number of aromatic nitrogens is 2. The SMILES string of the molecule is CCNCCNc1nc(N2CCN(C=O)CC2)nc2scc(C)c12. The lowest BCUT2D eigenvalue weighted by Crippen LogP contribution is -2.46. The monoisotopic (exact) mass is 348 g/mol. The van der Waals surface area contributed by atoms with Crippen LogP contribution in [-0.4, -0.2) is 67.1 Å². The molecule has 0 aliphatic carbocycles. The quantitative estimate of drug-likeness (QED) is 0.580. The van der Waals surface area contributed by atoms with Crippen molar-refractivity contribution in [2.24, 2.45) is 0 Å². The number of carbonyl (C=O) groups is 1. The molecule has 0 aromatic carbocycles. The number of nitrogens with zero attached hydrogens (tertiary/aromatic N) is 4. The smallest absolute Gasteiger partial charge is 0.228 e. The fourth-order valence-electron chi connectivity index (χ4n) is 2.82. The molecule has 0 spiro atoms. The number of hydrogen-bond acceptors (Lipinski definition) is 7. The first-order valence-corrected chi connectivity index (χ1v) is 9.25. The van der Waals surface area contributed by atoms with Crippen molar-refractivity contribution in [3.63, 3.8) is 0 Å². The number of piperazine rings is 1. The topological polar surface area (TPSA) is 73.4 Å². The molecular weight excluding hydrogens is 324 g/mol. The molecule has 130 valence electrons. The average Bonchev–Trinajstić information content (AvgIpc) is 3.00. The van der Waals surface area contributed by atoms with E-state index in [9.17, 15) is 4.79 Å². The van der Waals surface area contributed by atoms with Crippen molar-refractivity contribution in [2.45, 2.75) is 13.8 Å². The van der Waals surface area contributed by atoms with E-state index in [-0.39, 0.29) is 0 Å². The summed E-state index contributed by atoms with van der Waals surface area (Å²) in [5, 5.41) is 10.0. The fourth-order valence-corrected chi connectivity index (χ4v) is 3.73. The van der Waals surface area contributed by atoms with Crippen LogP contribution in [0, 0.1) is 6.92 Å². The molecule has 2 N–H and O–H groups in total. The van der Waals surface area contributed by atoms with Gasteiger partial charge in [0.25, 0.3) is 0 Å². The second kappa shape index (κ2) is 7.76. The summed E-state index contributed by atoms with van der Waals surface area (Å²) in [6, 6.07) is 0. The Morgan fingerprint density at radius 1 is 1.25 bits per heavy atom. The van der Waals surface area contributed by atoms with Crippen LogP contribution >= 0.6 is 11.3 Å². The zero-order valence-corrected chi connectivity index (χ0v) is 15.0. The van der Waals surface area contributed by atoms with Crippen LogP contribution in [0.1, 0.15) is 12.5 Å². The van der Waals surface area contributed by atoms with E-state index in [0.29, 0.717) is 0 Å². The van der Waals surface area contributed by atoms with Gasteiger partial charge in [-0.2, -0.15) is 4.98 Å². The van der Waals surface area contributed by atoms with Crippen LogP contribution in [0.4, 0.5) is 11.8 Å². The first kappa shape index (κ1) is 16.9. The summed E-state index contributed by atoms with van der Waals surface area (Å²) < 4.78 is 0. The number of anilines is 2. The largest absolute Gasteiger partial charge is 0.368 e. The van der Waals surface area contributed by atoms with E-state index in [1.807, 2.05) is 0 Å². The summed E-state index contributed by atoms with van der Waals surface area (Å²) in [5.41, 5.74) is 1.21. The Morgan fingerprint density at radius 2 is 2.04 bits per heavy atom. The molecule has 3 heterocycles. The number of nitrogens with one attached hydrogen (secondary N) is 2. The molecule has 1 amide bonds. The van der Waals surface area contributed by atoms with Crippen molar-refractivity contribution in [1.82, 2.24) is 20.2 Å². The van der Waals surface area contributed by atoms with Crippen LogP contribution in [0.5, 0.6) is 0 Å². The van der Waals surface area contributed by atoms with Crippen LogP contribution in [0.25, 0.3) is 10.2 Å². The molecule has 1 saturated heterocycles. The van der Waals surface area contributed by atoms with Gasteiger partial charge < -0.3 is 20.4 Å². The van der Waals surface area contributed by atoms with Gasteiger partial charge in [0.1, 0.15) is 10.6 Å². The van der Waals surface area contributed by atoms with Gasteiger partial charge in [0, 0.05) is 39.3 Å². The fraction of sp³-hybridized carbons (Fsp3) is 0.562. The number of fused-ring (bicyclic) bond motifs is 1. The van der Waals surface area contributed by atoms with E-state index in [1.54, 1.807) is 16.2 Å². The minimum atomic E-state index is 0.720. The van der Waals surface area contributed by atoms with Gasteiger partial charge in [0.15, 0.2) is 0 Å². The number of hydrogen-bond donors (Lipinski definition) is 2. The lowest BCUT2D eigenvalue weighted by atomic mass is 10.2. The zero-order chi connectivity index (χ0) is 16.9. The van der Waals surface area contributed by atoms with Gasteiger partial charge in [0.05, 0.1) is 5.39 Å². The number of thiophene rings is 1. The maximum Gasteiger partial charge on any atom is 0.228 e. The highest BCUT2D eigenvalue weighted by Crippen LogP contribution is 2.31. The van der Waals surface area contributed by atoms with Crippen molar-refractivity contribution < 1.29 is 4.79 Å². The first-order valence-electron chi connectivity index (χ1n) is 8.37. The van der Waals surface area contributed by atoms with Crippen molar-refractivity contribution in [1.29, 1.82) is 0 Å². The number of rotatable bonds is 7. The summed E-state index contributed by atoms with van der Waals surface area (Å²) in [5.74, 6) is 1.66. The van der Waals surface area contributed by atoms with E-state index in [0.717, 1.165) is 74.2 Å². The van der Waals surface area contributed by atoms with E-state index in [4.69, 9.17) is 9.97 Å². The lowest BCUT2D eigenvalue weighted by Gasteiger charge is -2.32. The molecule has 2 aromatic heterocycles. The van der Waals surface area contributed by atoms with Crippen LogP contribution in [0.15, 0.2) is 5.38 Å². The Morgan fingerprint density at radius 3 is 2.75 bits per heavy atom. The summed E-state index contributed by atoms with van der Waals surface area (Å²) >= 11 is 1.66. The molecule has 0 saturated carbocycles. The standard InChI is InChI=1S/C16H24N6OS/c1-3-17-4-5-18-14-13-12(2)10-24-15(13)20-16(19-14)22-8-6-21(11-23)7-9-22/h10-11,17H,3-9H2,1-2H3,(H,18,19,20). The normalized spacial score (nSPS) is 15.1. The molecule has 0 unspecified atom stereocenters. The molecule has 3 rings (SSSR count).